The maximum Gasteiger partial charge on any atom is 0.295 e. The number of ketones is 1. The van der Waals surface area contributed by atoms with Crippen LogP contribution in [0, 0.1) is 5.82 Å². The minimum Gasteiger partial charge on any atom is -0.872 e. The monoisotopic (exact) mass is 440 g/mol. The maximum atomic E-state index is 13.5. The van der Waals surface area contributed by atoms with E-state index < -0.39 is 29.3 Å². The molecule has 0 radical (unpaired) electrons. The Morgan fingerprint density at radius 3 is 2.34 bits per heavy atom. The molecular weight excluding hydrogens is 411 g/mol. The number of rotatable bonds is 9. The summed E-state index contributed by atoms with van der Waals surface area (Å²) in [7, 11) is 4.01. The predicted molar refractivity (Wildman–Crippen MR) is 117 cm³/mol. The van der Waals surface area contributed by atoms with E-state index in [1.165, 1.54) is 34.1 Å². The average Bonchev–Trinajstić information content (AvgIpc) is 3.03. The summed E-state index contributed by atoms with van der Waals surface area (Å²) in [6, 6.07) is 11.3. The van der Waals surface area contributed by atoms with Crippen molar-refractivity contribution < 1.29 is 28.7 Å². The molecule has 0 aromatic heterocycles. The van der Waals surface area contributed by atoms with E-state index in [-0.39, 0.29) is 5.57 Å². The number of hydrogen-bond acceptors (Lipinski definition) is 4. The van der Waals surface area contributed by atoms with Gasteiger partial charge in [0.05, 0.1) is 33.3 Å². The number of nitrogens with zero attached hydrogens (tertiary/aromatic N) is 1. The molecule has 0 aliphatic carbocycles. The lowest BCUT2D eigenvalue weighted by Crippen LogP contribution is -3.05. The number of likely N-dealkylation sites (tertiary alicyclic amines) is 1. The quantitative estimate of drug-likeness (QED) is 0.363. The smallest absolute Gasteiger partial charge is 0.295 e. The van der Waals surface area contributed by atoms with Crippen LogP contribution in [0.1, 0.15) is 36.9 Å². The van der Waals surface area contributed by atoms with Gasteiger partial charge in [-0.25, -0.2) is 4.39 Å². The van der Waals surface area contributed by atoms with Crippen molar-refractivity contribution in [2.75, 3.05) is 33.8 Å². The molecule has 0 spiro atoms. The van der Waals surface area contributed by atoms with Crippen molar-refractivity contribution >= 4 is 17.4 Å². The first kappa shape index (κ1) is 23.5. The molecule has 1 aliphatic heterocycles. The Kier molecular flexibility index (Phi) is 7.64. The first-order chi connectivity index (χ1) is 15.3. The van der Waals surface area contributed by atoms with E-state index >= 15 is 0 Å². The molecule has 2 aromatic rings. The number of quaternary nitrogens is 1. The highest BCUT2D eigenvalue weighted by Gasteiger charge is 2.43. The molecular formula is C25H29FN2O4. The largest absolute Gasteiger partial charge is 0.872 e. The molecule has 2 aromatic carbocycles. The Hall–Kier alpha value is -3.19. The predicted octanol–water partition coefficient (Wildman–Crippen LogP) is 1.37. The second-order valence-electron chi connectivity index (χ2n) is 8.21. The molecule has 0 saturated carbocycles. The van der Waals surface area contributed by atoms with E-state index in [0.29, 0.717) is 36.4 Å². The van der Waals surface area contributed by atoms with Crippen molar-refractivity contribution in [1.29, 1.82) is 0 Å². The summed E-state index contributed by atoms with van der Waals surface area (Å²) >= 11 is 0. The second kappa shape index (κ2) is 10.4. The van der Waals surface area contributed by atoms with Crippen LogP contribution in [0.4, 0.5) is 4.39 Å². The number of carbonyl (C=O) groups is 2. The van der Waals surface area contributed by atoms with Crippen LogP contribution < -0.4 is 14.7 Å². The van der Waals surface area contributed by atoms with Crippen LogP contribution in [-0.2, 0) is 9.59 Å². The number of hydrogen-bond donors (Lipinski definition) is 1. The van der Waals surface area contributed by atoms with Crippen molar-refractivity contribution in [2.45, 2.75) is 25.8 Å². The summed E-state index contributed by atoms with van der Waals surface area (Å²) in [5, 5.41) is 13.4. The van der Waals surface area contributed by atoms with Crippen LogP contribution in [-0.4, -0.2) is 50.4 Å². The molecule has 170 valence electrons. The molecule has 1 unspecified atom stereocenters. The van der Waals surface area contributed by atoms with Gasteiger partial charge in [0.25, 0.3) is 5.91 Å². The fraction of sp³-hybridized carbons (Fsp3) is 0.360. The zero-order valence-corrected chi connectivity index (χ0v) is 18.7. The summed E-state index contributed by atoms with van der Waals surface area (Å²) in [6.45, 7) is 3.70. The topological polar surface area (TPSA) is 74.1 Å². The molecule has 1 saturated heterocycles. The Labute approximate surface area is 187 Å². The third kappa shape index (κ3) is 5.16. The van der Waals surface area contributed by atoms with Crippen molar-refractivity contribution in [3.8, 4) is 5.75 Å². The van der Waals surface area contributed by atoms with Gasteiger partial charge < -0.3 is 19.6 Å². The van der Waals surface area contributed by atoms with Gasteiger partial charge in [-0.05, 0) is 41.8 Å². The van der Waals surface area contributed by atoms with Crippen LogP contribution in [0.3, 0.4) is 0 Å². The molecule has 1 N–H and O–H groups in total. The van der Waals surface area contributed by atoms with Gasteiger partial charge in [0.15, 0.2) is 0 Å². The molecule has 1 atom stereocenters. The van der Waals surface area contributed by atoms with Crippen LogP contribution >= 0.6 is 0 Å². The van der Waals surface area contributed by atoms with Crippen LogP contribution in [0.15, 0.2) is 54.1 Å². The van der Waals surface area contributed by atoms with Crippen molar-refractivity contribution in [3.63, 3.8) is 0 Å². The highest BCUT2D eigenvalue weighted by atomic mass is 19.1. The van der Waals surface area contributed by atoms with E-state index in [9.17, 15) is 19.1 Å². The number of halogens is 1. The molecule has 7 heteroatoms. The lowest BCUT2D eigenvalue weighted by Gasteiger charge is -2.27. The highest BCUT2D eigenvalue weighted by Crippen LogP contribution is 2.38. The normalized spacial score (nSPS) is 17.9. The molecule has 1 fully saturated rings. The van der Waals surface area contributed by atoms with Gasteiger partial charge in [-0.15, -0.1) is 0 Å². The number of ether oxygens (including phenoxy) is 1. The lowest BCUT2D eigenvalue weighted by molar-refractivity contribution is -0.858. The summed E-state index contributed by atoms with van der Waals surface area (Å²) in [5.74, 6) is -1.79. The highest BCUT2D eigenvalue weighted by molar-refractivity contribution is 6.46. The van der Waals surface area contributed by atoms with Crippen molar-refractivity contribution in [1.82, 2.24) is 4.90 Å². The van der Waals surface area contributed by atoms with Gasteiger partial charge in [0, 0.05) is 18.5 Å². The third-order valence-electron chi connectivity index (χ3n) is 5.38. The van der Waals surface area contributed by atoms with Crippen molar-refractivity contribution in [3.05, 3.63) is 71.0 Å². The number of benzene rings is 2. The number of nitrogens with one attached hydrogen (secondary N) is 1. The average molecular weight is 441 g/mol. The molecule has 1 aliphatic rings. The zero-order valence-electron chi connectivity index (χ0n) is 18.7. The number of Topliss-reactive ketones (excluding diaryl/α,β-unsaturated/α-hetero) is 1. The van der Waals surface area contributed by atoms with Gasteiger partial charge in [0.1, 0.15) is 11.6 Å². The fourth-order valence-electron chi connectivity index (χ4n) is 3.77. The van der Waals surface area contributed by atoms with E-state index in [0.717, 1.165) is 13.0 Å². The standard InChI is InChI=1S/C25H29FN2O4/c1-4-16-32-20-12-8-18(9-13-20)23(29)21-22(17-6-10-19(26)11-7-17)28(25(31)24(21)30)15-5-14-27(2)3/h6-13,22,29H,4-5,14-16H2,1-3H3/b23-21+. The van der Waals surface area contributed by atoms with Gasteiger partial charge in [-0.3, -0.25) is 9.59 Å². The van der Waals surface area contributed by atoms with E-state index in [4.69, 9.17) is 4.74 Å². The number of amides is 1. The first-order valence-electron chi connectivity index (χ1n) is 10.9. The molecule has 3 rings (SSSR count). The molecule has 6 nitrogen and oxygen atoms in total. The first-order valence-corrected chi connectivity index (χ1v) is 10.9. The number of carbonyl (C=O) groups excluding carboxylic acids is 2. The second-order valence-corrected chi connectivity index (χ2v) is 8.21. The minimum absolute atomic E-state index is 0.0963. The van der Waals surface area contributed by atoms with Crippen LogP contribution in [0.2, 0.25) is 0 Å². The minimum atomic E-state index is -0.837. The maximum absolute atomic E-state index is 13.5. The Bertz CT molecular complexity index is 984. The van der Waals surface area contributed by atoms with E-state index in [2.05, 4.69) is 0 Å². The summed E-state index contributed by atoms with van der Waals surface area (Å²) in [5.41, 5.74) is 0.742. The van der Waals surface area contributed by atoms with Gasteiger partial charge in [-0.1, -0.05) is 36.9 Å². The van der Waals surface area contributed by atoms with Gasteiger partial charge in [0.2, 0.25) is 5.78 Å². The summed E-state index contributed by atoms with van der Waals surface area (Å²) < 4.78 is 19.1. The van der Waals surface area contributed by atoms with Gasteiger partial charge >= 0.3 is 0 Å². The third-order valence-corrected chi connectivity index (χ3v) is 5.38. The molecule has 1 heterocycles. The van der Waals surface area contributed by atoms with Gasteiger partial charge in [-0.2, -0.15) is 0 Å². The SMILES string of the molecule is CCCOc1ccc(/C([O-])=C2\C(=O)C(=O)N(CCC[NH+](C)C)C2c2ccc(F)cc2)cc1. The van der Waals surface area contributed by atoms with E-state index in [1.54, 1.807) is 24.3 Å². The van der Waals surface area contributed by atoms with Crippen LogP contribution in [0.25, 0.3) is 5.76 Å². The summed E-state index contributed by atoms with van der Waals surface area (Å²) in [4.78, 5) is 28.4. The Morgan fingerprint density at radius 2 is 1.75 bits per heavy atom. The Morgan fingerprint density at radius 1 is 1.09 bits per heavy atom. The fourth-order valence-corrected chi connectivity index (χ4v) is 3.77. The molecule has 32 heavy (non-hydrogen) atoms. The summed E-state index contributed by atoms with van der Waals surface area (Å²) in [6.07, 6.45) is 1.53. The molecule has 0 bridgehead atoms. The van der Waals surface area contributed by atoms with E-state index in [1.807, 2.05) is 21.0 Å². The van der Waals surface area contributed by atoms with Crippen molar-refractivity contribution in [2.24, 2.45) is 0 Å². The molecule has 1 amide bonds. The Balaban J connectivity index is 2.01. The zero-order chi connectivity index (χ0) is 23.3. The lowest BCUT2D eigenvalue weighted by atomic mass is 9.95. The van der Waals surface area contributed by atoms with Crippen LogP contribution in [0.5, 0.6) is 5.75 Å².